The second-order valence-electron chi connectivity index (χ2n) is 8.18. The minimum absolute atomic E-state index is 0.0355. The van der Waals surface area contributed by atoms with Gasteiger partial charge >= 0.3 is 12.2 Å². The average molecular weight is 451 g/mol. The van der Waals surface area contributed by atoms with E-state index in [1.165, 1.54) is 6.07 Å². The van der Waals surface area contributed by atoms with Crippen LogP contribution in [0.3, 0.4) is 0 Å². The summed E-state index contributed by atoms with van der Waals surface area (Å²) in [6.45, 7) is 7.93. The molecule has 164 valence electrons. The first-order chi connectivity index (χ1) is 14.3. The van der Waals surface area contributed by atoms with Crippen molar-refractivity contribution in [2.75, 3.05) is 10.6 Å². The zero-order valence-electron chi connectivity index (χ0n) is 17.4. The number of amides is 2. The predicted molar refractivity (Wildman–Crippen MR) is 116 cm³/mol. The smallest absolute Gasteiger partial charge is 0.308 e. The van der Waals surface area contributed by atoms with E-state index in [0.717, 1.165) is 29.1 Å². The number of anilines is 2. The van der Waals surface area contributed by atoms with Crippen LogP contribution in [0.1, 0.15) is 37.6 Å². The maximum Gasteiger partial charge on any atom is 0.417 e. The van der Waals surface area contributed by atoms with Crippen LogP contribution in [0.15, 0.2) is 48.5 Å². The Kier molecular flexibility index (Phi) is 6.04. The van der Waals surface area contributed by atoms with Gasteiger partial charge in [-0.15, -0.1) is 0 Å². The number of carbonyl (C=O) groups is 1. The van der Waals surface area contributed by atoms with Gasteiger partial charge in [0.1, 0.15) is 5.82 Å². The van der Waals surface area contributed by atoms with Gasteiger partial charge in [0.15, 0.2) is 0 Å². The van der Waals surface area contributed by atoms with Crippen LogP contribution in [-0.4, -0.2) is 15.8 Å². The monoisotopic (exact) mass is 450 g/mol. The molecule has 3 rings (SSSR count). The second kappa shape index (κ2) is 8.26. The lowest BCUT2D eigenvalue weighted by molar-refractivity contribution is -0.137. The van der Waals surface area contributed by atoms with E-state index in [1.807, 2.05) is 52.0 Å². The lowest BCUT2D eigenvalue weighted by Gasteiger charge is -2.14. The summed E-state index contributed by atoms with van der Waals surface area (Å²) < 4.78 is 40.8. The Hall–Kier alpha value is -3.00. The highest BCUT2D eigenvalue weighted by Crippen LogP contribution is 2.36. The van der Waals surface area contributed by atoms with Crippen molar-refractivity contribution in [3.05, 3.63) is 70.4 Å². The third-order valence-electron chi connectivity index (χ3n) is 4.53. The number of carbonyl (C=O) groups excluding carboxylic acids is 1. The number of nitrogens with one attached hydrogen (secondary N) is 2. The summed E-state index contributed by atoms with van der Waals surface area (Å²) in [5.41, 5.74) is 1.22. The van der Waals surface area contributed by atoms with Crippen molar-refractivity contribution in [3.63, 3.8) is 0 Å². The number of alkyl halides is 3. The molecule has 5 nitrogen and oxygen atoms in total. The van der Waals surface area contributed by atoms with Crippen LogP contribution in [0.2, 0.25) is 5.02 Å². The minimum atomic E-state index is -4.63. The van der Waals surface area contributed by atoms with Crippen molar-refractivity contribution in [1.82, 2.24) is 9.78 Å². The number of rotatable bonds is 3. The molecule has 1 aromatic heterocycles. The predicted octanol–water partition coefficient (Wildman–Crippen LogP) is 6.79. The summed E-state index contributed by atoms with van der Waals surface area (Å²) in [7, 11) is 0. The summed E-state index contributed by atoms with van der Waals surface area (Å²) in [5, 5.41) is 9.26. The Morgan fingerprint density at radius 1 is 1.00 bits per heavy atom. The van der Waals surface area contributed by atoms with Gasteiger partial charge in [-0.1, -0.05) is 50.1 Å². The maximum atomic E-state index is 13.1. The van der Waals surface area contributed by atoms with Gasteiger partial charge in [0, 0.05) is 17.2 Å². The van der Waals surface area contributed by atoms with Crippen molar-refractivity contribution in [3.8, 4) is 5.69 Å². The molecule has 0 atom stereocenters. The van der Waals surface area contributed by atoms with Crippen LogP contribution >= 0.6 is 11.6 Å². The van der Waals surface area contributed by atoms with E-state index in [0.29, 0.717) is 5.82 Å². The maximum absolute atomic E-state index is 13.1. The number of aromatic nitrogens is 2. The molecule has 0 saturated heterocycles. The highest BCUT2D eigenvalue weighted by atomic mass is 35.5. The second-order valence-corrected chi connectivity index (χ2v) is 8.59. The molecule has 2 amide bonds. The molecule has 0 radical (unpaired) electrons. The lowest BCUT2D eigenvalue weighted by Crippen LogP contribution is -2.21. The first-order valence-electron chi connectivity index (χ1n) is 9.47. The van der Waals surface area contributed by atoms with Gasteiger partial charge in [-0.05, 0) is 37.3 Å². The molecular weight excluding hydrogens is 429 g/mol. The lowest BCUT2D eigenvalue weighted by atomic mass is 9.92. The number of aryl methyl sites for hydroxylation is 1. The van der Waals surface area contributed by atoms with Crippen LogP contribution in [-0.2, 0) is 11.6 Å². The summed E-state index contributed by atoms with van der Waals surface area (Å²) in [4.78, 5) is 12.5. The molecule has 0 aliphatic heterocycles. The molecule has 2 aromatic carbocycles. The number of urea groups is 1. The fourth-order valence-electron chi connectivity index (χ4n) is 2.82. The van der Waals surface area contributed by atoms with Crippen molar-refractivity contribution in [2.24, 2.45) is 0 Å². The molecule has 0 aliphatic rings. The highest BCUT2D eigenvalue weighted by molar-refractivity contribution is 6.31. The topological polar surface area (TPSA) is 59.0 Å². The van der Waals surface area contributed by atoms with Gasteiger partial charge in [-0.25, -0.2) is 9.48 Å². The standard InChI is InChI=1S/C22H22ClF3N4O/c1-13-5-8-15(9-6-13)30-19(12-18(29-30)21(2,3)4)28-20(31)27-14-7-10-17(23)16(11-14)22(24,25)26/h5-12H,1-4H3,(H2,27,28,31). The van der Waals surface area contributed by atoms with Crippen LogP contribution in [0.4, 0.5) is 29.5 Å². The molecule has 0 bridgehead atoms. The fraction of sp³-hybridized carbons (Fsp3) is 0.273. The van der Waals surface area contributed by atoms with E-state index >= 15 is 0 Å². The van der Waals surface area contributed by atoms with Gasteiger partial charge in [-0.3, -0.25) is 5.32 Å². The molecule has 0 spiro atoms. The van der Waals surface area contributed by atoms with Crippen LogP contribution < -0.4 is 10.6 Å². The Labute approximate surface area is 183 Å². The van der Waals surface area contributed by atoms with E-state index in [9.17, 15) is 18.0 Å². The molecule has 1 heterocycles. The molecule has 0 saturated carbocycles. The molecule has 0 unspecified atom stereocenters. The van der Waals surface area contributed by atoms with Crippen molar-refractivity contribution < 1.29 is 18.0 Å². The summed E-state index contributed by atoms with van der Waals surface area (Å²) in [6.07, 6.45) is -4.63. The number of halogens is 4. The fourth-order valence-corrected chi connectivity index (χ4v) is 3.04. The van der Waals surface area contributed by atoms with Gasteiger partial charge in [-0.2, -0.15) is 18.3 Å². The first-order valence-corrected chi connectivity index (χ1v) is 9.85. The van der Waals surface area contributed by atoms with E-state index in [4.69, 9.17) is 11.6 Å². The van der Waals surface area contributed by atoms with Gasteiger partial charge < -0.3 is 5.32 Å². The third-order valence-corrected chi connectivity index (χ3v) is 4.86. The molecule has 2 N–H and O–H groups in total. The van der Waals surface area contributed by atoms with Crippen molar-refractivity contribution in [1.29, 1.82) is 0 Å². The molecule has 3 aromatic rings. The summed E-state index contributed by atoms with van der Waals surface area (Å²) >= 11 is 5.63. The quantitative estimate of drug-likeness (QED) is 0.461. The summed E-state index contributed by atoms with van der Waals surface area (Å²) in [6, 6.07) is 11.8. The van der Waals surface area contributed by atoms with Gasteiger partial charge in [0.05, 0.1) is 22.0 Å². The minimum Gasteiger partial charge on any atom is -0.308 e. The zero-order valence-corrected chi connectivity index (χ0v) is 18.2. The van der Waals surface area contributed by atoms with Crippen LogP contribution in [0.25, 0.3) is 5.69 Å². The Morgan fingerprint density at radius 2 is 1.65 bits per heavy atom. The first kappa shape index (κ1) is 22.7. The highest BCUT2D eigenvalue weighted by Gasteiger charge is 2.33. The number of hydrogen-bond acceptors (Lipinski definition) is 2. The van der Waals surface area contributed by atoms with Crippen LogP contribution in [0.5, 0.6) is 0 Å². The molecule has 0 fully saturated rings. The number of nitrogens with zero attached hydrogens (tertiary/aromatic N) is 2. The van der Waals surface area contributed by atoms with Crippen molar-refractivity contribution in [2.45, 2.75) is 39.3 Å². The number of benzene rings is 2. The van der Waals surface area contributed by atoms with Crippen molar-refractivity contribution >= 4 is 29.1 Å². The van der Waals surface area contributed by atoms with Gasteiger partial charge in [0.25, 0.3) is 0 Å². The van der Waals surface area contributed by atoms with E-state index in [1.54, 1.807) is 10.7 Å². The Bertz CT molecular complexity index is 1100. The SMILES string of the molecule is Cc1ccc(-n2nc(C(C)(C)C)cc2NC(=O)Nc2ccc(Cl)c(C(F)(F)F)c2)cc1. The normalized spacial score (nSPS) is 12.0. The third kappa shape index (κ3) is 5.38. The summed E-state index contributed by atoms with van der Waals surface area (Å²) in [5.74, 6) is 0.385. The number of hydrogen-bond donors (Lipinski definition) is 2. The van der Waals surface area contributed by atoms with Gasteiger partial charge in [0.2, 0.25) is 0 Å². The Morgan fingerprint density at radius 3 is 2.23 bits per heavy atom. The molecule has 31 heavy (non-hydrogen) atoms. The molecule has 0 aliphatic carbocycles. The largest absolute Gasteiger partial charge is 0.417 e. The van der Waals surface area contributed by atoms with E-state index < -0.39 is 22.8 Å². The van der Waals surface area contributed by atoms with Crippen LogP contribution in [0, 0.1) is 6.92 Å². The molecule has 9 heteroatoms. The molecular formula is C22H22ClF3N4O. The zero-order chi connectivity index (χ0) is 23.0. The Balaban J connectivity index is 1.89. The average Bonchev–Trinajstić information content (AvgIpc) is 3.07. The van der Waals surface area contributed by atoms with E-state index in [-0.39, 0.29) is 11.1 Å². The van der Waals surface area contributed by atoms with E-state index in [2.05, 4.69) is 15.7 Å².